The maximum Gasteiger partial charge on any atom is 0.343 e. The lowest BCUT2D eigenvalue weighted by atomic mass is 10.1. The number of carbonyl (C=O) groups excluding carboxylic acids is 2. The highest BCUT2D eigenvalue weighted by atomic mass is 35.5. The molecule has 0 bridgehead atoms. The Bertz CT molecular complexity index is 1300. The lowest BCUT2D eigenvalue weighted by molar-refractivity contribution is 0.0527. The Kier molecular flexibility index (Phi) is 6.04. The van der Waals surface area contributed by atoms with Gasteiger partial charge < -0.3 is 10.1 Å². The number of halogens is 1. The maximum absolute atomic E-state index is 12.7. The lowest BCUT2D eigenvalue weighted by Gasteiger charge is -2.13. The van der Waals surface area contributed by atoms with Gasteiger partial charge in [0.25, 0.3) is 0 Å². The van der Waals surface area contributed by atoms with E-state index < -0.39 is 12.0 Å². The summed E-state index contributed by atoms with van der Waals surface area (Å²) in [5.74, 6) is 0.00805. The highest BCUT2D eigenvalue weighted by Crippen LogP contribution is 2.25. The number of hydrogen-bond acceptors (Lipinski definition) is 5. The van der Waals surface area contributed by atoms with E-state index in [1.807, 2.05) is 37.3 Å². The summed E-state index contributed by atoms with van der Waals surface area (Å²) in [7, 11) is 0. The highest BCUT2D eigenvalue weighted by Gasteiger charge is 2.22. The van der Waals surface area contributed by atoms with Crippen molar-refractivity contribution in [2.45, 2.75) is 13.8 Å². The minimum absolute atomic E-state index is 0.116. The van der Waals surface area contributed by atoms with Gasteiger partial charge in [-0.05, 0) is 55.8 Å². The van der Waals surface area contributed by atoms with E-state index in [4.69, 9.17) is 16.3 Å². The van der Waals surface area contributed by atoms with Crippen LogP contribution in [0.25, 0.3) is 16.7 Å². The number of esters is 1. The van der Waals surface area contributed by atoms with Crippen molar-refractivity contribution in [2.24, 2.45) is 0 Å². The number of nitrogens with zero attached hydrogens (tertiary/aromatic N) is 3. The van der Waals surface area contributed by atoms with E-state index in [9.17, 15) is 9.59 Å². The van der Waals surface area contributed by atoms with Gasteiger partial charge in [-0.15, -0.1) is 0 Å². The molecule has 4 aromatic rings. The van der Waals surface area contributed by atoms with Gasteiger partial charge in [-0.2, -0.15) is 9.78 Å². The third-order valence-electron chi connectivity index (χ3n) is 4.73. The zero-order valence-electron chi connectivity index (χ0n) is 17.4. The van der Waals surface area contributed by atoms with Crippen molar-refractivity contribution >= 4 is 46.0 Å². The van der Waals surface area contributed by atoms with Gasteiger partial charge in [0.05, 0.1) is 18.3 Å². The number of rotatable bonds is 5. The van der Waals surface area contributed by atoms with Crippen LogP contribution in [0, 0.1) is 6.92 Å². The van der Waals surface area contributed by atoms with Crippen LogP contribution >= 0.6 is 11.6 Å². The second-order valence-corrected chi connectivity index (χ2v) is 7.38. The summed E-state index contributed by atoms with van der Waals surface area (Å²) in [5, 5.41) is 11.3. The van der Waals surface area contributed by atoms with Gasteiger partial charge in [0.15, 0.2) is 11.6 Å². The zero-order chi connectivity index (χ0) is 22.7. The molecule has 32 heavy (non-hydrogen) atoms. The molecule has 0 saturated heterocycles. The van der Waals surface area contributed by atoms with Crippen molar-refractivity contribution in [1.29, 1.82) is 0 Å². The predicted octanol–water partition coefficient (Wildman–Crippen LogP) is 5.20. The van der Waals surface area contributed by atoms with Crippen LogP contribution in [0.15, 0.2) is 60.8 Å². The van der Waals surface area contributed by atoms with Gasteiger partial charge in [-0.25, -0.2) is 14.6 Å². The molecule has 0 aliphatic heterocycles. The Hall–Kier alpha value is -3.91. The van der Waals surface area contributed by atoms with Crippen LogP contribution in [-0.2, 0) is 4.74 Å². The lowest BCUT2D eigenvalue weighted by Crippen LogP contribution is -2.23. The number of fused-ring (bicyclic) bond motifs is 1. The van der Waals surface area contributed by atoms with Crippen molar-refractivity contribution < 1.29 is 14.3 Å². The van der Waals surface area contributed by atoms with Crippen LogP contribution in [0.3, 0.4) is 0 Å². The smallest absolute Gasteiger partial charge is 0.343 e. The van der Waals surface area contributed by atoms with Crippen LogP contribution < -0.4 is 10.6 Å². The average molecular weight is 450 g/mol. The van der Waals surface area contributed by atoms with Crippen LogP contribution in [0.1, 0.15) is 22.8 Å². The Morgan fingerprint density at radius 3 is 2.59 bits per heavy atom. The molecular weight excluding hydrogens is 430 g/mol. The summed E-state index contributed by atoms with van der Waals surface area (Å²) in [5.41, 5.74) is 2.41. The molecule has 0 atom stereocenters. The molecule has 0 unspecified atom stereocenters. The molecule has 0 saturated carbocycles. The number of ether oxygens (including phenoxy) is 1. The molecule has 0 radical (unpaired) electrons. The number of amides is 2. The number of benzene rings is 2. The van der Waals surface area contributed by atoms with E-state index in [1.165, 1.54) is 10.9 Å². The molecule has 2 aromatic carbocycles. The average Bonchev–Trinajstić information content (AvgIpc) is 3.19. The molecule has 0 fully saturated rings. The molecule has 2 N–H and O–H groups in total. The number of urea groups is 1. The van der Waals surface area contributed by atoms with Gasteiger partial charge in [-0.3, -0.25) is 5.32 Å². The van der Waals surface area contributed by atoms with E-state index >= 15 is 0 Å². The summed E-state index contributed by atoms with van der Waals surface area (Å²) in [4.78, 5) is 29.8. The molecule has 4 rings (SSSR count). The first-order valence-electron chi connectivity index (χ1n) is 9.91. The molecule has 2 aromatic heterocycles. The number of aromatic nitrogens is 3. The van der Waals surface area contributed by atoms with E-state index in [-0.39, 0.29) is 18.0 Å². The molecular formula is C23H20ClN5O3. The first-order chi connectivity index (χ1) is 15.5. The number of carbonyl (C=O) groups is 2. The SMILES string of the molecule is CCOC(=O)c1cnn(-c2cc(C)c3ccccc3n2)c1NC(=O)Nc1ccc(Cl)cc1. The van der Waals surface area contributed by atoms with Crippen molar-refractivity contribution in [3.63, 3.8) is 0 Å². The highest BCUT2D eigenvalue weighted by molar-refractivity contribution is 6.30. The fraction of sp³-hybridized carbons (Fsp3) is 0.130. The van der Waals surface area contributed by atoms with Gasteiger partial charge in [0.1, 0.15) is 5.56 Å². The van der Waals surface area contributed by atoms with Crippen molar-refractivity contribution in [3.05, 3.63) is 76.9 Å². The van der Waals surface area contributed by atoms with Crippen LogP contribution in [0.5, 0.6) is 0 Å². The Balaban J connectivity index is 1.72. The quantitative estimate of drug-likeness (QED) is 0.408. The zero-order valence-corrected chi connectivity index (χ0v) is 18.2. The fourth-order valence-electron chi connectivity index (χ4n) is 3.24. The molecule has 2 heterocycles. The Labute approximate surface area is 189 Å². The normalized spacial score (nSPS) is 10.7. The van der Waals surface area contributed by atoms with Crippen LogP contribution in [0.2, 0.25) is 5.02 Å². The molecule has 9 heteroatoms. The molecule has 2 amide bonds. The van der Waals surface area contributed by atoms with Crippen LogP contribution in [-0.4, -0.2) is 33.4 Å². The first-order valence-corrected chi connectivity index (χ1v) is 10.3. The summed E-state index contributed by atoms with van der Waals surface area (Å²) >= 11 is 5.89. The minimum Gasteiger partial charge on any atom is -0.462 e. The van der Waals surface area contributed by atoms with Crippen molar-refractivity contribution in [1.82, 2.24) is 14.8 Å². The second-order valence-electron chi connectivity index (χ2n) is 6.94. The number of nitrogens with one attached hydrogen (secondary N) is 2. The maximum atomic E-state index is 12.7. The first kappa shape index (κ1) is 21.3. The minimum atomic E-state index is -0.599. The van der Waals surface area contributed by atoms with Crippen molar-refractivity contribution in [3.8, 4) is 5.82 Å². The van der Waals surface area contributed by atoms with E-state index in [2.05, 4.69) is 20.7 Å². The molecule has 162 valence electrons. The van der Waals surface area contributed by atoms with Gasteiger partial charge in [0, 0.05) is 16.1 Å². The van der Waals surface area contributed by atoms with Crippen LogP contribution in [0.4, 0.5) is 16.3 Å². The van der Waals surface area contributed by atoms with Gasteiger partial charge >= 0.3 is 12.0 Å². The number of aryl methyl sites for hydroxylation is 1. The second kappa shape index (κ2) is 9.07. The summed E-state index contributed by atoms with van der Waals surface area (Å²) in [6, 6.07) is 15.6. The van der Waals surface area contributed by atoms with E-state index in [1.54, 1.807) is 31.2 Å². The molecule has 8 nitrogen and oxygen atoms in total. The monoisotopic (exact) mass is 449 g/mol. The number of para-hydroxylation sites is 1. The third-order valence-corrected chi connectivity index (χ3v) is 4.98. The van der Waals surface area contributed by atoms with Crippen molar-refractivity contribution in [2.75, 3.05) is 17.2 Å². The molecule has 0 aliphatic rings. The van der Waals surface area contributed by atoms with Gasteiger partial charge in [0.2, 0.25) is 0 Å². The number of anilines is 2. The Morgan fingerprint density at radius 2 is 1.84 bits per heavy atom. The third kappa shape index (κ3) is 4.40. The topological polar surface area (TPSA) is 98.1 Å². The summed E-state index contributed by atoms with van der Waals surface area (Å²) < 4.78 is 6.54. The molecule has 0 aliphatic carbocycles. The predicted molar refractivity (Wildman–Crippen MR) is 124 cm³/mol. The standard InChI is InChI=1S/C23H20ClN5O3/c1-3-32-22(30)18-13-25-29(20-12-14(2)17-6-4-5-7-19(17)27-20)21(18)28-23(31)26-16-10-8-15(24)9-11-16/h4-13H,3H2,1-2H3,(H2,26,28,31). The summed E-state index contributed by atoms with van der Waals surface area (Å²) in [6.07, 6.45) is 1.35. The van der Waals surface area contributed by atoms with E-state index in [0.29, 0.717) is 16.5 Å². The largest absolute Gasteiger partial charge is 0.462 e. The summed E-state index contributed by atoms with van der Waals surface area (Å²) in [6.45, 7) is 3.86. The van der Waals surface area contributed by atoms with Gasteiger partial charge in [-0.1, -0.05) is 29.8 Å². The molecule has 0 spiro atoms. The fourth-order valence-corrected chi connectivity index (χ4v) is 3.37. The number of pyridine rings is 1. The Morgan fingerprint density at radius 1 is 1.09 bits per heavy atom. The van der Waals surface area contributed by atoms with E-state index in [0.717, 1.165) is 16.5 Å². The number of hydrogen-bond donors (Lipinski definition) is 2.